The number of amides is 1. The van der Waals surface area contributed by atoms with Crippen molar-refractivity contribution in [3.8, 4) is 5.75 Å². The van der Waals surface area contributed by atoms with E-state index in [0.29, 0.717) is 23.7 Å². The Morgan fingerprint density at radius 1 is 1.24 bits per heavy atom. The van der Waals surface area contributed by atoms with E-state index in [-0.39, 0.29) is 5.91 Å². The number of hydrogen-bond donors (Lipinski definition) is 1. The summed E-state index contributed by atoms with van der Waals surface area (Å²) >= 11 is 0. The molecule has 3 rings (SSSR count). The van der Waals surface area contributed by atoms with Crippen LogP contribution in [0.25, 0.3) is 0 Å². The number of carbonyl (C=O) groups is 1. The second-order valence-corrected chi connectivity index (χ2v) is 4.87. The summed E-state index contributed by atoms with van der Waals surface area (Å²) in [6.45, 7) is 4.14. The molecule has 2 N–H and O–H groups in total. The first kappa shape index (κ1) is 13.2. The number of ether oxygens (including phenoxy) is 1. The standard InChI is InChI=1S/C17H16N2O2/c1-2-10-19-14-11-13(18)8-9-15(14)21-16(17(19)20)12-6-4-3-5-7-12/h2-9,11,16H,1,10,18H2. The third-order valence-corrected chi connectivity index (χ3v) is 3.42. The number of nitrogens with two attached hydrogens (primary N) is 1. The van der Waals surface area contributed by atoms with Gasteiger partial charge in [-0.15, -0.1) is 6.58 Å². The van der Waals surface area contributed by atoms with Crippen molar-refractivity contribution in [1.29, 1.82) is 0 Å². The van der Waals surface area contributed by atoms with Crippen LogP contribution in [0.2, 0.25) is 0 Å². The molecule has 0 saturated carbocycles. The van der Waals surface area contributed by atoms with Gasteiger partial charge in [-0.2, -0.15) is 0 Å². The summed E-state index contributed by atoms with van der Waals surface area (Å²) in [4.78, 5) is 14.4. The maximum absolute atomic E-state index is 12.7. The summed E-state index contributed by atoms with van der Waals surface area (Å²) in [7, 11) is 0. The van der Waals surface area contributed by atoms with Crippen molar-refractivity contribution in [2.75, 3.05) is 17.2 Å². The Balaban J connectivity index is 2.06. The highest BCUT2D eigenvalue weighted by molar-refractivity contribution is 6.01. The molecule has 0 aromatic heterocycles. The lowest BCUT2D eigenvalue weighted by atomic mass is 10.1. The quantitative estimate of drug-likeness (QED) is 0.694. The van der Waals surface area contributed by atoms with Crippen LogP contribution in [0.3, 0.4) is 0 Å². The van der Waals surface area contributed by atoms with Crippen molar-refractivity contribution in [2.45, 2.75) is 6.10 Å². The maximum atomic E-state index is 12.7. The van der Waals surface area contributed by atoms with Gasteiger partial charge in [0.2, 0.25) is 6.10 Å². The third-order valence-electron chi connectivity index (χ3n) is 3.42. The van der Waals surface area contributed by atoms with Crippen LogP contribution in [-0.2, 0) is 4.79 Å². The minimum absolute atomic E-state index is 0.112. The van der Waals surface area contributed by atoms with E-state index >= 15 is 0 Å². The minimum atomic E-state index is -0.637. The number of anilines is 2. The Morgan fingerprint density at radius 3 is 2.71 bits per heavy atom. The molecular weight excluding hydrogens is 264 g/mol. The van der Waals surface area contributed by atoms with Crippen LogP contribution in [0.15, 0.2) is 61.2 Å². The molecule has 0 aliphatic carbocycles. The van der Waals surface area contributed by atoms with Crippen molar-refractivity contribution >= 4 is 17.3 Å². The van der Waals surface area contributed by atoms with Gasteiger partial charge < -0.3 is 15.4 Å². The van der Waals surface area contributed by atoms with Gasteiger partial charge in [0.15, 0.2) is 0 Å². The largest absolute Gasteiger partial charge is 0.474 e. The van der Waals surface area contributed by atoms with Crippen molar-refractivity contribution < 1.29 is 9.53 Å². The van der Waals surface area contributed by atoms with Crippen LogP contribution in [0.4, 0.5) is 11.4 Å². The van der Waals surface area contributed by atoms with Gasteiger partial charge in [0.05, 0.1) is 5.69 Å². The Kier molecular flexibility index (Phi) is 3.36. The molecule has 1 unspecified atom stereocenters. The number of nitrogens with zero attached hydrogens (tertiary/aromatic N) is 1. The molecule has 2 aromatic rings. The SMILES string of the molecule is C=CCN1C(=O)C(c2ccccc2)Oc2ccc(N)cc21. The highest BCUT2D eigenvalue weighted by atomic mass is 16.5. The van der Waals surface area contributed by atoms with Crippen LogP contribution >= 0.6 is 0 Å². The van der Waals surface area contributed by atoms with Gasteiger partial charge in [-0.1, -0.05) is 36.4 Å². The predicted molar refractivity (Wildman–Crippen MR) is 83.2 cm³/mol. The second-order valence-electron chi connectivity index (χ2n) is 4.87. The summed E-state index contributed by atoms with van der Waals surface area (Å²) < 4.78 is 5.88. The smallest absolute Gasteiger partial charge is 0.273 e. The molecular formula is C17H16N2O2. The van der Waals surface area contributed by atoms with E-state index < -0.39 is 6.10 Å². The summed E-state index contributed by atoms with van der Waals surface area (Å²) in [6, 6.07) is 14.8. The number of fused-ring (bicyclic) bond motifs is 1. The van der Waals surface area contributed by atoms with E-state index in [1.54, 1.807) is 29.2 Å². The number of rotatable bonds is 3. The normalized spacial score (nSPS) is 17.0. The van der Waals surface area contributed by atoms with Crippen LogP contribution < -0.4 is 15.4 Å². The Labute approximate surface area is 123 Å². The first-order chi connectivity index (χ1) is 10.2. The molecule has 1 aliphatic rings. The molecule has 1 atom stereocenters. The fourth-order valence-electron chi connectivity index (χ4n) is 2.44. The van der Waals surface area contributed by atoms with Gasteiger partial charge in [-0.25, -0.2) is 0 Å². The lowest BCUT2D eigenvalue weighted by molar-refractivity contribution is -0.126. The monoisotopic (exact) mass is 280 g/mol. The Bertz CT molecular complexity index is 682. The summed E-state index contributed by atoms with van der Waals surface area (Å²) in [5, 5.41) is 0. The lowest BCUT2D eigenvalue weighted by Gasteiger charge is -2.34. The zero-order valence-corrected chi connectivity index (χ0v) is 11.5. The molecule has 0 saturated heterocycles. The maximum Gasteiger partial charge on any atom is 0.273 e. The molecule has 1 heterocycles. The molecule has 4 nitrogen and oxygen atoms in total. The van der Waals surface area contributed by atoms with Crippen LogP contribution in [0, 0.1) is 0 Å². The zero-order chi connectivity index (χ0) is 14.8. The molecule has 0 bridgehead atoms. The van der Waals surface area contributed by atoms with Crippen molar-refractivity contribution in [2.24, 2.45) is 0 Å². The molecule has 2 aromatic carbocycles. The van der Waals surface area contributed by atoms with Crippen molar-refractivity contribution in [3.05, 3.63) is 66.7 Å². The average molecular weight is 280 g/mol. The second kappa shape index (κ2) is 5.32. The topological polar surface area (TPSA) is 55.6 Å². The first-order valence-electron chi connectivity index (χ1n) is 6.74. The lowest BCUT2D eigenvalue weighted by Crippen LogP contribution is -2.41. The van der Waals surface area contributed by atoms with Crippen LogP contribution in [0.5, 0.6) is 5.75 Å². The van der Waals surface area contributed by atoms with Crippen molar-refractivity contribution in [1.82, 2.24) is 0 Å². The number of benzene rings is 2. The fraction of sp³-hybridized carbons (Fsp3) is 0.118. The Morgan fingerprint density at radius 2 is 2.00 bits per heavy atom. The van der Waals surface area contributed by atoms with Gasteiger partial charge in [-0.05, 0) is 18.2 Å². The number of nitrogen functional groups attached to an aromatic ring is 1. The van der Waals surface area contributed by atoms with E-state index in [2.05, 4.69) is 6.58 Å². The zero-order valence-electron chi connectivity index (χ0n) is 11.5. The molecule has 1 amide bonds. The minimum Gasteiger partial charge on any atom is -0.474 e. The van der Waals surface area contributed by atoms with Gasteiger partial charge in [0.1, 0.15) is 5.75 Å². The average Bonchev–Trinajstić information content (AvgIpc) is 2.51. The van der Waals surface area contributed by atoms with Gasteiger partial charge in [-0.3, -0.25) is 4.79 Å². The van der Waals surface area contributed by atoms with E-state index in [0.717, 1.165) is 5.56 Å². The first-order valence-corrected chi connectivity index (χ1v) is 6.74. The summed E-state index contributed by atoms with van der Waals surface area (Å²) in [5.41, 5.74) is 7.93. The Hall–Kier alpha value is -2.75. The highest BCUT2D eigenvalue weighted by Gasteiger charge is 2.34. The third kappa shape index (κ3) is 2.36. The van der Waals surface area contributed by atoms with E-state index in [1.165, 1.54) is 0 Å². The van der Waals surface area contributed by atoms with Crippen LogP contribution in [-0.4, -0.2) is 12.5 Å². The number of hydrogen-bond acceptors (Lipinski definition) is 3. The molecule has 0 radical (unpaired) electrons. The van der Waals surface area contributed by atoms with Crippen LogP contribution in [0.1, 0.15) is 11.7 Å². The van der Waals surface area contributed by atoms with Gasteiger partial charge in [0.25, 0.3) is 5.91 Å². The molecule has 4 heteroatoms. The predicted octanol–water partition coefficient (Wildman–Crippen LogP) is 2.92. The van der Waals surface area contributed by atoms with E-state index in [4.69, 9.17) is 10.5 Å². The van der Waals surface area contributed by atoms with Gasteiger partial charge in [0, 0.05) is 17.8 Å². The fourth-order valence-corrected chi connectivity index (χ4v) is 2.44. The molecule has 1 aliphatic heterocycles. The summed E-state index contributed by atoms with van der Waals surface area (Å²) in [5.74, 6) is 0.540. The molecule has 21 heavy (non-hydrogen) atoms. The van der Waals surface area contributed by atoms with Gasteiger partial charge >= 0.3 is 0 Å². The van der Waals surface area contributed by atoms with Crippen molar-refractivity contribution in [3.63, 3.8) is 0 Å². The molecule has 106 valence electrons. The van der Waals surface area contributed by atoms with E-state index in [9.17, 15) is 4.79 Å². The number of carbonyl (C=O) groups excluding carboxylic acids is 1. The highest BCUT2D eigenvalue weighted by Crippen LogP contribution is 2.39. The molecule has 0 spiro atoms. The van der Waals surface area contributed by atoms with E-state index in [1.807, 2.05) is 30.3 Å². The summed E-state index contributed by atoms with van der Waals surface area (Å²) in [6.07, 6.45) is 1.06. The molecule has 0 fully saturated rings.